The summed E-state index contributed by atoms with van der Waals surface area (Å²) in [6.07, 6.45) is 0. The van der Waals surface area contributed by atoms with Crippen molar-refractivity contribution >= 4 is 11.8 Å². The second-order valence-corrected chi connectivity index (χ2v) is 1.49. The van der Waals surface area contributed by atoms with E-state index < -0.39 is 0 Å². The summed E-state index contributed by atoms with van der Waals surface area (Å²) in [6.45, 7) is 0.0671. The smallest absolute Gasteiger partial charge is 0.261 e. The minimum atomic E-state index is -0.246. The number of nitrogens with one attached hydrogen (secondary N) is 1. The molecule has 0 spiro atoms. The molecule has 0 aromatic carbocycles. The average molecular weight is 113 g/mol. The van der Waals surface area contributed by atoms with Crippen molar-refractivity contribution in [2.24, 2.45) is 0 Å². The van der Waals surface area contributed by atoms with Gasteiger partial charge in [0.15, 0.2) is 0 Å². The van der Waals surface area contributed by atoms with Gasteiger partial charge in [-0.1, -0.05) is 0 Å². The fourth-order valence-corrected chi connectivity index (χ4v) is 0.446. The van der Waals surface area contributed by atoms with Crippen LogP contribution in [0.5, 0.6) is 0 Å². The van der Waals surface area contributed by atoms with Crippen LogP contribution >= 0.6 is 0 Å². The van der Waals surface area contributed by atoms with Gasteiger partial charge in [0.05, 0.1) is 6.54 Å². The Morgan fingerprint density at radius 3 is 2.62 bits per heavy atom. The number of nitrogens with zero attached hydrogens (tertiary/aromatic N) is 1. The van der Waals surface area contributed by atoms with Crippen molar-refractivity contribution in [3.63, 3.8) is 0 Å². The first-order valence-electron chi connectivity index (χ1n) is 2.26. The normalized spacial score (nSPS) is 19.5. The van der Waals surface area contributed by atoms with Gasteiger partial charge in [-0.3, -0.25) is 9.59 Å². The van der Waals surface area contributed by atoms with Crippen molar-refractivity contribution in [3.8, 4) is 0 Å². The molecule has 1 saturated heterocycles. The zero-order chi connectivity index (χ0) is 5.98. The Labute approximate surface area is 46.3 Å². The molecule has 4 heteroatoms. The lowest BCUT2D eigenvalue weighted by molar-refractivity contribution is -0.130. The minimum Gasteiger partial charge on any atom is -0.345 e. The third kappa shape index (κ3) is 0.959. The summed E-state index contributed by atoms with van der Waals surface area (Å²) >= 11 is 0. The van der Waals surface area contributed by atoms with Gasteiger partial charge in [0, 0.05) is 0 Å². The molecule has 1 fully saturated rings. The first-order chi connectivity index (χ1) is 3.79. The predicted octanol–water partition coefficient (Wildman–Crippen LogP) is -1.75. The third-order valence-corrected chi connectivity index (χ3v) is 0.836. The summed E-state index contributed by atoms with van der Waals surface area (Å²) in [5, 5.41) is 5.71. The van der Waals surface area contributed by atoms with Crippen LogP contribution in [0.1, 0.15) is 0 Å². The lowest BCUT2D eigenvalue weighted by atomic mass is 10.4. The SMILES string of the molecule is O=C1CNC(=O)C[N]1. The van der Waals surface area contributed by atoms with Gasteiger partial charge in [0.25, 0.3) is 5.91 Å². The van der Waals surface area contributed by atoms with Crippen LogP contribution in [0, 0.1) is 0 Å². The summed E-state index contributed by atoms with van der Waals surface area (Å²) in [5.74, 6) is -0.422. The molecule has 1 rings (SSSR count). The minimum absolute atomic E-state index is 0.00116. The van der Waals surface area contributed by atoms with Crippen molar-refractivity contribution in [2.45, 2.75) is 0 Å². The van der Waals surface area contributed by atoms with Crippen molar-refractivity contribution in [3.05, 3.63) is 0 Å². The Bertz CT molecular complexity index is 104. The molecule has 0 bridgehead atoms. The molecule has 4 nitrogen and oxygen atoms in total. The molecule has 0 aliphatic carbocycles. The fraction of sp³-hybridized carbons (Fsp3) is 0.500. The van der Waals surface area contributed by atoms with E-state index in [1.807, 2.05) is 0 Å². The molecule has 1 radical (unpaired) electrons. The molecule has 43 valence electrons. The van der Waals surface area contributed by atoms with Crippen molar-refractivity contribution in [2.75, 3.05) is 13.1 Å². The Morgan fingerprint density at radius 1 is 1.50 bits per heavy atom. The van der Waals surface area contributed by atoms with E-state index >= 15 is 0 Å². The molecule has 1 N–H and O–H groups in total. The second-order valence-electron chi connectivity index (χ2n) is 1.49. The van der Waals surface area contributed by atoms with Gasteiger partial charge < -0.3 is 5.32 Å². The van der Waals surface area contributed by atoms with E-state index in [9.17, 15) is 9.59 Å². The summed E-state index contributed by atoms with van der Waals surface area (Å²) in [4.78, 5) is 20.5. The molecule has 0 atom stereocenters. The van der Waals surface area contributed by atoms with Gasteiger partial charge >= 0.3 is 0 Å². The summed E-state index contributed by atoms with van der Waals surface area (Å²) < 4.78 is 0. The van der Waals surface area contributed by atoms with Crippen LogP contribution < -0.4 is 10.6 Å². The maximum Gasteiger partial charge on any atom is 0.261 e. The molecule has 1 heterocycles. The maximum atomic E-state index is 10.3. The molecule has 8 heavy (non-hydrogen) atoms. The first kappa shape index (κ1) is 5.08. The summed E-state index contributed by atoms with van der Waals surface area (Å²) in [5.41, 5.74) is 0. The number of hydrogen-bond acceptors (Lipinski definition) is 2. The lowest BCUT2D eigenvalue weighted by Crippen LogP contribution is -2.44. The van der Waals surface area contributed by atoms with E-state index in [2.05, 4.69) is 10.6 Å². The Hall–Kier alpha value is -1.06. The maximum absolute atomic E-state index is 10.3. The Morgan fingerprint density at radius 2 is 2.25 bits per heavy atom. The first-order valence-corrected chi connectivity index (χ1v) is 2.26. The van der Waals surface area contributed by atoms with Gasteiger partial charge in [-0.15, -0.1) is 0 Å². The van der Waals surface area contributed by atoms with Crippen molar-refractivity contribution in [1.82, 2.24) is 10.6 Å². The molecule has 2 amide bonds. The Kier molecular flexibility index (Phi) is 1.15. The highest BCUT2D eigenvalue weighted by molar-refractivity contribution is 5.91. The quantitative estimate of drug-likeness (QED) is 0.405. The van der Waals surface area contributed by atoms with Crippen molar-refractivity contribution in [1.29, 1.82) is 0 Å². The fourth-order valence-electron chi connectivity index (χ4n) is 0.446. The monoisotopic (exact) mass is 113 g/mol. The van der Waals surface area contributed by atoms with E-state index in [0.717, 1.165) is 0 Å². The van der Waals surface area contributed by atoms with Crippen LogP contribution in [0.3, 0.4) is 0 Å². The van der Waals surface area contributed by atoms with E-state index in [-0.39, 0.29) is 24.9 Å². The van der Waals surface area contributed by atoms with Crippen LogP contribution in [-0.4, -0.2) is 24.9 Å². The molecule has 0 aromatic heterocycles. The number of piperazine rings is 1. The Balaban J connectivity index is 2.40. The zero-order valence-electron chi connectivity index (χ0n) is 4.18. The van der Waals surface area contributed by atoms with Crippen LogP contribution in [0.25, 0.3) is 0 Å². The number of carbonyl (C=O) groups is 2. The number of hydrogen-bond donors (Lipinski definition) is 1. The van der Waals surface area contributed by atoms with Crippen LogP contribution in [0.15, 0.2) is 0 Å². The van der Waals surface area contributed by atoms with Gasteiger partial charge in [-0.2, -0.15) is 0 Å². The van der Waals surface area contributed by atoms with E-state index in [4.69, 9.17) is 0 Å². The summed E-state index contributed by atoms with van der Waals surface area (Å²) in [6, 6.07) is 0. The average Bonchev–Trinajstić information content (AvgIpc) is 1.77. The largest absolute Gasteiger partial charge is 0.345 e. The molecule has 1 aliphatic rings. The number of carbonyl (C=O) groups excluding carboxylic acids is 2. The standard InChI is InChI=1S/C4H5N2O2/c7-3-1-5-4(8)2-6-3/h1-2H2,(H,5,8). The molecular weight excluding hydrogens is 108 g/mol. The van der Waals surface area contributed by atoms with E-state index in [1.165, 1.54) is 0 Å². The number of rotatable bonds is 0. The van der Waals surface area contributed by atoms with Gasteiger partial charge in [-0.25, -0.2) is 5.32 Å². The third-order valence-electron chi connectivity index (χ3n) is 0.836. The highest BCUT2D eigenvalue weighted by Gasteiger charge is 2.13. The lowest BCUT2D eigenvalue weighted by Gasteiger charge is -2.08. The highest BCUT2D eigenvalue weighted by Crippen LogP contribution is 1.75. The van der Waals surface area contributed by atoms with Gasteiger partial charge in [-0.05, 0) is 0 Å². The summed E-state index contributed by atoms with van der Waals surface area (Å²) in [7, 11) is 0. The van der Waals surface area contributed by atoms with Crippen LogP contribution in [0.4, 0.5) is 0 Å². The number of amides is 2. The van der Waals surface area contributed by atoms with Gasteiger partial charge in [0.1, 0.15) is 6.54 Å². The van der Waals surface area contributed by atoms with E-state index in [0.29, 0.717) is 0 Å². The van der Waals surface area contributed by atoms with Crippen LogP contribution in [-0.2, 0) is 9.59 Å². The molecular formula is C4H5N2O2. The highest BCUT2D eigenvalue weighted by atomic mass is 16.2. The molecule has 1 aliphatic heterocycles. The van der Waals surface area contributed by atoms with Gasteiger partial charge in [0.2, 0.25) is 5.91 Å². The second kappa shape index (κ2) is 1.81. The van der Waals surface area contributed by atoms with Crippen molar-refractivity contribution < 1.29 is 9.59 Å². The molecule has 0 unspecified atom stereocenters. The zero-order valence-corrected chi connectivity index (χ0v) is 4.18. The van der Waals surface area contributed by atoms with E-state index in [1.54, 1.807) is 0 Å². The molecule has 0 aromatic rings. The van der Waals surface area contributed by atoms with Crippen LogP contribution in [0.2, 0.25) is 0 Å². The topological polar surface area (TPSA) is 60.3 Å². The molecule has 0 saturated carbocycles. The predicted molar refractivity (Wildman–Crippen MR) is 25.0 cm³/mol.